The summed E-state index contributed by atoms with van der Waals surface area (Å²) in [7, 11) is 0. The van der Waals surface area contributed by atoms with Gasteiger partial charge < -0.3 is 15.4 Å². The number of piperidine rings is 1. The lowest BCUT2D eigenvalue weighted by molar-refractivity contribution is 0.0208. The van der Waals surface area contributed by atoms with Crippen molar-refractivity contribution in [2.24, 2.45) is 17.1 Å². The lowest BCUT2D eigenvalue weighted by atomic mass is 9.81. The fourth-order valence-electron chi connectivity index (χ4n) is 3.01. The number of nitrogens with zero attached hydrogens (tertiary/aromatic N) is 1. The van der Waals surface area contributed by atoms with Crippen LogP contribution in [0.2, 0.25) is 0 Å². The van der Waals surface area contributed by atoms with Gasteiger partial charge in [-0.15, -0.1) is 0 Å². The number of alkyl halides is 2. The fourth-order valence-corrected chi connectivity index (χ4v) is 3.01. The number of carbonyl (C=O) groups is 1. The third-order valence-electron chi connectivity index (χ3n) is 4.31. The highest BCUT2D eigenvalue weighted by Crippen LogP contribution is 2.65. The van der Waals surface area contributed by atoms with Gasteiger partial charge in [0.25, 0.3) is 5.92 Å². The van der Waals surface area contributed by atoms with Crippen LogP contribution in [0.25, 0.3) is 0 Å². The smallest absolute Gasteiger partial charge is 0.409 e. The highest BCUT2D eigenvalue weighted by Gasteiger charge is 2.73. The summed E-state index contributed by atoms with van der Waals surface area (Å²) < 4.78 is 31.8. The maximum absolute atomic E-state index is 13.4. The first-order chi connectivity index (χ1) is 8.47. The van der Waals surface area contributed by atoms with Crippen molar-refractivity contribution in [2.75, 3.05) is 26.2 Å². The van der Waals surface area contributed by atoms with Crippen molar-refractivity contribution in [3.63, 3.8) is 0 Å². The van der Waals surface area contributed by atoms with E-state index in [4.69, 9.17) is 10.5 Å². The monoisotopic (exact) mass is 262 g/mol. The van der Waals surface area contributed by atoms with E-state index in [1.807, 2.05) is 0 Å². The second-order valence-electron chi connectivity index (χ2n) is 5.20. The van der Waals surface area contributed by atoms with Crippen molar-refractivity contribution in [3.05, 3.63) is 0 Å². The van der Waals surface area contributed by atoms with Gasteiger partial charge in [-0.25, -0.2) is 13.6 Å². The van der Waals surface area contributed by atoms with E-state index in [1.165, 1.54) is 0 Å². The Morgan fingerprint density at radius 3 is 2.39 bits per heavy atom. The van der Waals surface area contributed by atoms with E-state index < -0.39 is 11.3 Å². The Hall–Kier alpha value is -0.910. The molecule has 1 aliphatic carbocycles. The fraction of sp³-hybridized carbons (Fsp3) is 0.917. The maximum Gasteiger partial charge on any atom is 0.409 e. The Bertz CT molecular complexity index is 330. The van der Waals surface area contributed by atoms with Crippen LogP contribution >= 0.6 is 0 Å². The molecule has 1 aliphatic heterocycles. The summed E-state index contributed by atoms with van der Waals surface area (Å²) in [6.45, 7) is 3.09. The molecule has 0 aromatic heterocycles. The van der Waals surface area contributed by atoms with E-state index in [0.29, 0.717) is 32.5 Å². The molecule has 0 aromatic carbocycles. The molecule has 1 amide bonds. The largest absolute Gasteiger partial charge is 0.450 e. The van der Waals surface area contributed by atoms with Crippen molar-refractivity contribution in [3.8, 4) is 0 Å². The Morgan fingerprint density at radius 2 is 2.00 bits per heavy atom. The minimum absolute atomic E-state index is 0.0318. The highest BCUT2D eigenvalue weighted by atomic mass is 19.3. The standard InChI is InChI=1S/C12H20F2N2O2/c1-2-18-10(17)16-5-3-9(4-6-16)11(8-15)7-12(11,13)14/h9H,2-8,15H2,1H3. The van der Waals surface area contributed by atoms with E-state index >= 15 is 0 Å². The molecule has 1 saturated heterocycles. The molecule has 2 aliphatic rings. The summed E-state index contributed by atoms with van der Waals surface area (Å²) in [5.41, 5.74) is 4.53. The molecule has 0 aromatic rings. The minimum Gasteiger partial charge on any atom is -0.450 e. The zero-order valence-corrected chi connectivity index (χ0v) is 10.6. The Labute approximate surface area is 105 Å². The van der Waals surface area contributed by atoms with E-state index in [-0.39, 0.29) is 25.0 Å². The molecular formula is C12H20F2N2O2. The summed E-state index contributed by atoms with van der Waals surface area (Å²) in [6.07, 6.45) is 0.734. The van der Waals surface area contributed by atoms with Gasteiger partial charge in [-0.3, -0.25) is 0 Å². The average molecular weight is 262 g/mol. The first-order valence-corrected chi connectivity index (χ1v) is 6.46. The number of carbonyl (C=O) groups excluding carboxylic acids is 1. The molecule has 0 spiro atoms. The molecule has 0 bridgehead atoms. The van der Waals surface area contributed by atoms with Crippen LogP contribution in [0.1, 0.15) is 26.2 Å². The average Bonchev–Trinajstić information content (AvgIpc) is 2.93. The number of likely N-dealkylation sites (tertiary alicyclic amines) is 1. The van der Waals surface area contributed by atoms with Gasteiger partial charge in [0, 0.05) is 26.1 Å². The minimum atomic E-state index is -2.61. The first-order valence-electron chi connectivity index (χ1n) is 6.46. The summed E-state index contributed by atoms with van der Waals surface area (Å²) in [5.74, 6) is -2.69. The van der Waals surface area contributed by atoms with Gasteiger partial charge in [-0.2, -0.15) is 0 Å². The van der Waals surface area contributed by atoms with Crippen LogP contribution < -0.4 is 5.73 Å². The van der Waals surface area contributed by atoms with Gasteiger partial charge in [0.2, 0.25) is 0 Å². The normalized spacial score (nSPS) is 31.2. The van der Waals surface area contributed by atoms with Crippen LogP contribution in [0.3, 0.4) is 0 Å². The van der Waals surface area contributed by atoms with Gasteiger partial charge in [0.05, 0.1) is 12.0 Å². The number of halogens is 2. The van der Waals surface area contributed by atoms with Crippen molar-refractivity contribution in [2.45, 2.75) is 32.1 Å². The number of rotatable bonds is 3. The molecule has 2 fully saturated rings. The lowest BCUT2D eigenvalue weighted by Gasteiger charge is -2.35. The molecule has 1 unspecified atom stereocenters. The Morgan fingerprint density at radius 1 is 1.44 bits per heavy atom. The molecule has 18 heavy (non-hydrogen) atoms. The van der Waals surface area contributed by atoms with Crippen LogP contribution in [0.4, 0.5) is 13.6 Å². The van der Waals surface area contributed by atoms with Gasteiger partial charge in [-0.05, 0) is 25.7 Å². The second-order valence-corrected chi connectivity index (χ2v) is 5.20. The summed E-state index contributed by atoms with van der Waals surface area (Å²) in [6, 6.07) is 0. The van der Waals surface area contributed by atoms with Crippen LogP contribution in [0, 0.1) is 11.3 Å². The number of amides is 1. The van der Waals surface area contributed by atoms with Gasteiger partial charge in [-0.1, -0.05) is 0 Å². The van der Waals surface area contributed by atoms with Crippen LogP contribution in [-0.2, 0) is 4.74 Å². The summed E-state index contributed by atoms with van der Waals surface area (Å²) >= 11 is 0. The van der Waals surface area contributed by atoms with Crippen molar-refractivity contribution < 1.29 is 18.3 Å². The number of ether oxygens (including phenoxy) is 1. The molecule has 6 heteroatoms. The second kappa shape index (κ2) is 4.64. The van der Waals surface area contributed by atoms with E-state index in [2.05, 4.69) is 0 Å². The van der Waals surface area contributed by atoms with Crippen LogP contribution in [0.15, 0.2) is 0 Å². The summed E-state index contributed by atoms with van der Waals surface area (Å²) in [4.78, 5) is 13.1. The highest BCUT2D eigenvalue weighted by molar-refractivity contribution is 5.67. The molecule has 4 nitrogen and oxygen atoms in total. The van der Waals surface area contributed by atoms with Gasteiger partial charge >= 0.3 is 6.09 Å². The SMILES string of the molecule is CCOC(=O)N1CCC(C2(CN)CC2(F)F)CC1. The number of hydrogen-bond donors (Lipinski definition) is 1. The lowest BCUT2D eigenvalue weighted by Crippen LogP contribution is -2.43. The predicted molar refractivity (Wildman–Crippen MR) is 62.4 cm³/mol. The molecular weight excluding hydrogens is 242 g/mol. The first kappa shape index (κ1) is 13.5. The topological polar surface area (TPSA) is 55.6 Å². The van der Waals surface area contributed by atoms with E-state index in [9.17, 15) is 13.6 Å². The number of hydrogen-bond acceptors (Lipinski definition) is 3. The van der Waals surface area contributed by atoms with Crippen molar-refractivity contribution >= 4 is 6.09 Å². The maximum atomic E-state index is 13.4. The quantitative estimate of drug-likeness (QED) is 0.844. The van der Waals surface area contributed by atoms with E-state index in [0.717, 1.165) is 0 Å². The Kier molecular flexibility index (Phi) is 3.49. The molecule has 1 atom stereocenters. The zero-order valence-electron chi connectivity index (χ0n) is 10.6. The van der Waals surface area contributed by atoms with Gasteiger partial charge in [0.15, 0.2) is 0 Å². The van der Waals surface area contributed by atoms with Crippen molar-refractivity contribution in [1.82, 2.24) is 4.90 Å². The third kappa shape index (κ3) is 2.06. The zero-order chi connectivity index (χ0) is 13.4. The summed E-state index contributed by atoms with van der Waals surface area (Å²) in [5, 5.41) is 0. The third-order valence-corrected chi connectivity index (χ3v) is 4.31. The Balaban J connectivity index is 1.89. The van der Waals surface area contributed by atoms with Crippen LogP contribution in [0.5, 0.6) is 0 Å². The molecule has 1 heterocycles. The molecule has 104 valence electrons. The molecule has 0 radical (unpaired) electrons. The van der Waals surface area contributed by atoms with E-state index in [1.54, 1.807) is 11.8 Å². The molecule has 2 rings (SSSR count). The molecule has 1 saturated carbocycles. The predicted octanol–water partition coefficient (Wildman–Crippen LogP) is 1.84. The van der Waals surface area contributed by atoms with Crippen LogP contribution in [-0.4, -0.2) is 43.2 Å². The van der Waals surface area contributed by atoms with Crippen molar-refractivity contribution in [1.29, 1.82) is 0 Å². The van der Waals surface area contributed by atoms with Gasteiger partial charge in [0.1, 0.15) is 0 Å². The number of nitrogens with two attached hydrogens (primary N) is 1. The molecule has 2 N–H and O–H groups in total.